The SMILES string of the molecule is CCCN(C(=O)c1ccc([N+](=O)[O-])s1)C1CCNCC1.Cl. The maximum Gasteiger partial charge on any atom is 0.324 e. The molecule has 0 bridgehead atoms. The first-order valence-corrected chi connectivity index (χ1v) is 7.71. The van der Waals surface area contributed by atoms with Crippen LogP contribution >= 0.6 is 23.7 Å². The van der Waals surface area contributed by atoms with E-state index in [1.54, 1.807) is 6.07 Å². The molecule has 1 aromatic rings. The number of halogens is 1. The molecule has 0 aromatic carbocycles. The van der Waals surface area contributed by atoms with E-state index >= 15 is 0 Å². The zero-order valence-electron chi connectivity index (χ0n) is 11.9. The number of thiophene rings is 1. The van der Waals surface area contributed by atoms with Gasteiger partial charge in [0.1, 0.15) is 0 Å². The van der Waals surface area contributed by atoms with Crippen LogP contribution in [0.4, 0.5) is 5.00 Å². The van der Waals surface area contributed by atoms with Crippen LogP contribution in [0.3, 0.4) is 0 Å². The zero-order chi connectivity index (χ0) is 14.5. The van der Waals surface area contributed by atoms with Gasteiger partial charge in [0.05, 0.1) is 9.80 Å². The second kappa shape index (κ2) is 8.31. The van der Waals surface area contributed by atoms with E-state index in [-0.39, 0.29) is 29.4 Å². The van der Waals surface area contributed by atoms with Crippen molar-refractivity contribution in [3.63, 3.8) is 0 Å². The molecule has 118 valence electrons. The van der Waals surface area contributed by atoms with Crippen LogP contribution in [0.25, 0.3) is 0 Å². The third-order valence-electron chi connectivity index (χ3n) is 3.46. The van der Waals surface area contributed by atoms with E-state index in [4.69, 9.17) is 0 Å². The Morgan fingerprint density at radius 2 is 2.14 bits per heavy atom. The zero-order valence-corrected chi connectivity index (χ0v) is 13.5. The summed E-state index contributed by atoms with van der Waals surface area (Å²) < 4.78 is 0. The quantitative estimate of drug-likeness (QED) is 0.664. The molecule has 0 saturated carbocycles. The largest absolute Gasteiger partial charge is 0.335 e. The van der Waals surface area contributed by atoms with E-state index in [1.807, 2.05) is 11.8 Å². The van der Waals surface area contributed by atoms with E-state index < -0.39 is 4.92 Å². The fraction of sp³-hybridized carbons (Fsp3) is 0.615. The Labute approximate surface area is 134 Å². The van der Waals surface area contributed by atoms with Crippen LogP contribution in [0, 0.1) is 10.1 Å². The predicted molar refractivity (Wildman–Crippen MR) is 85.4 cm³/mol. The molecule has 0 unspecified atom stereocenters. The number of piperidine rings is 1. The Kier molecular flexibility index (Phi) is 7.07. The van der Waals surface area contributed by atoms with Crippen molar-refractivity contribution >= 4 is 34.7 Å². The molecule has 1 aliphatic heterocycles. The summed E-state index contributed by atoms with van der Waals surface area (Å²) in [6, 6.07) is 3.21. The molecule has 0 atom stereocenters. The summed E-state index contributed by atoms with van der Waals surface area (Å²) >= 11 is 0.961. The second-order valence-electron chi connectivity index (χ2n) is 4.87. The van der Waals surface area contributed by atoms with E-state index in [9.17, 15) is 14.9 Å². The highest BCUT2D eigenvalue weighted by molar-refractivity contribution is 7.17. The van der Waals surface area contributed by atoms with Gasteiger partial charge in [0.15, 0.2) is 0 Å². The van der Waals surface area contributed by atoms with Crippen molar-refractivity contribution in [2.75, 3.05) is 19.6 Å². The second-order valence-corrected chi connectivity index (χ2v) is 5.94. The Balaban J connectivity index is 0.00000220. The highest BCUT2D eigenvalue weighted by Gasteiger charge is 2.27. The third kappa shape index (κ3) is 4.39. The van der Waals surface area contributed by atoms with E-state index in [0.717, 1.165) is 43.7 Å². The molecule has 8 heteroatoms. The lowest BCUT2D eigenvalue weighted by Gasteiger charge is -2.34. The number of nitro groups is 1. The van der Waals surface area contributed by atoms with Gasteiger partial charge in [0.25, 0.3) is 5.91 Å². The van der Waals surface area contributed by atoms with Crippen LogP contribution in [0.1, 0.15) is 35.9 Å². The Morgan fingerprint density at radius 1 is 1.48 bits per heavy atom. The summed E-state index contributed by atoms with van der Waals surface area (Å²) in [5.74, 6) is -0.0724. The topological polar surface area (TPSA) is 75.5 Å². The van der Waals surface area contributed by atoms with Gasteiger partial charge in [-0.05, 0) is 38.4 Å². The van der Waals surface area contributed by atoms with E-state index in [1.165, 1.54) is 6.07 Å². The number of amides is 1. The number of nitrogens with one attached hydrogen (secondary N) is 1. The van der Waals surface area contributed by atoms with Gasteiger partial charge < -0.3 is 10.2 Å². The van der Waals surface area contributed by atoms with Crippen molar-refractivity contribution in [1.82, 2.24) is 10.2 Å². The number of hydrogen-bond acceptors (Lipinski definition) is 5. The lowest BCUT2D eigenvalue weighted by atomic mass is 10.0. The highest BCUT2D eigenvalue weighted by atomic mass is 35.5. The van der Waals surface area contributed by atoms with Crippen molar-refractivity contribution < 1.29 is 9.72 Å². The van der Waals surface area contributed by atoms with Gasteiger partial charge in [-0.25, -0.2) is 0 Å². The first-order chi connectivity index (χ1) is 9.63. The number of rotatable bonds is 5. The minimum Gasteiger partial charge on any atom is -0.335 e. The van der Waals surface area contributed by atoms with Crippen molar-refractivity contribution in [1.29, 1.82) is 0 Å². The van der Waals surface area contributed by atoms with E-state index in [2.05, 4.69) is 5.32 Å². The van der Waals surface area contributed by atoms with Crippen molar-refractivity contribution in [3.8, 4) is 0 Å². The summed E-state index contributed by atoms with van der Waals surface area (Å²) in [6.45, 7) is 4.58. The number of nitrogens with zero attached hydrogens (tertiary/aromatic N) is 2. The molecule has 0 radical (unpaired) electrons. The summed E-state index contributed by atoms with van der Waals surface area (Å²) in [6.07, 6.45) is 2.78. The summed E-state index contributed by atoms with van der Waals surface area (Å²) in [5.41, 5.74) is 0. The average Bonchev–Trinajstić information content (AvgIpc) is 2.95. The number of carbonyl (C=O) groups is 1. The minimum absolute atomic E-state index is 0. The maximum atomic E-state index is 12.6. The standard InChI is InChI=1S/C13H19N3O3S.ClH/c1-2-9-15(10-5-7-14-8-6-10)13(17)11-3-4-12(20-11)16(18)19;/h3-4,10,14H,2,5-9H2,1H3;1H. The average molecular weight is 334 g/mol. The molecule has 1 fully saturated rings. The fourth-order valence-corrected chi connectivity index (χ4v) is 3.27. The normalized spacial score (nSPS) is 15.3. The fourth-order valence-electron chi connectivity index (χ4n) is 2.49. The molecule has 1 amide bonds. The van der Waals surface area contributed by atoms with Gasteiger partial charge in [-0.1, -0.05) is 18.3 Å². The lowest BCUT2D eigenvalue weighted by Crippen LogP contribution is -2.46. The minimum atomic E-state index is -0.448. The van der Waals surface area contributed by atoms with Gasteiger partial charge in [-0.2, -0.15) is 0 Å². The third-order valence-corrected chi connectivity index (χ3v) is 4.48. The summed E-state index contributed by atoms with van der Waals surface area (Å²) in [7, 11) is 0. The predicted octanol–water partition coefficient (Wildman–Crippen LogP) is 2.68. The Morgan fingerprint density at radius 3 is 2.67 bits per heavy atom. The monoisotopic (exact) mass is 333 g/mol. The molecule has 1 aliphatic rings. The van der Waals surface area contributed by atoms with Gasteiger partial charge in [-0.15, -0.1) is 12.4 Å². The van der Waals surface area contributed by atoms with Crippen LogP contribution in [0.15, 0.2) is 12.1 Å². The molecule has 0 aliphatic carbocycles. The van der Waals surface area contributed by atoms with E-state index in [0.29, 0.717) is 11.4 Å². The molecule has 21 heavy (non-hydrogen) atoms. The first-order valence-electron chi connectivity index (χ1n) is 6.89. The van der Waals surface area contributed by atoms with Crippen LogP contribution in [-0.2, 0) is 0 Å². The molecule has 1 saturated heterocycles. The van der Waals surface area contributed by atoms with Crippen molar-refractivity contribution in [2.24, 2.45) is 0 Å². The van der Waals surface area contributed by atoms with Crippen LogP contribution in [0.2, 0.25) is 0 Å². The summed E-state index contributed by atoms with van der Waals surface area (Å²) in [5, 5.41) is 14.0. The number of hydrogen-bond donors (Lipinski definition) is 1. The molecule has 2 rings (SSSR count). The lowest BCUT2D eigenvalue weighted by molar-refractivity contribution is -0.380. The van der Waals surface area contributed by atoms with Gasteiger partial charge in [0.2, 0.25) is 0 Å². The van der Waals surface area contributed by atoms with Crippen LogP contribution in [0.5, 0.6) is 0 Å². The summed E-state index contributed by atoms with van der Waals surface area (Å²) in [4.78, 5) is 25.2. The number of carbonyl (C=O) groups excluding carboxylic acids is 1. The molecule has 0 spiro atoms. The molecular formula is C13H20ClN3O3S. The first kappa shape index (κ1) is 17.9. The molecule has 2 heterocycles. The van der Waals surface area contributed by atoms with Gasteiger partial charge in [0, 0.05) is 18.7 Å². The molecular weight excluding hydrogens is 314 g/mol. The molecule has 1 aromatic heterocycles. The Bertz CT molecular complexity index is 489. The molecule has 6 nitrogen and oxygen atoms in total. The van der Waals surface area contributed by atoms with Gasteiger partial charge >= 0.3 is 5.00 Å². The van der Waals surface area contributed by atoms with Crippen molar-refractivity contribution in [3.05, 3.63) is 27.1 Å². The molecule has 1 N–H and O–H groups in total. The Hall–Kier alpha value is -1.18. The van der Waals surface area contributed by atoms with Crippen molar-refractivity contribution in [2.45, 2.75) is 32.2 Å². The van der Waals surface area contributed by atoms with Crippen LogP contribution in [-0.4, -0.2) is 41.4 Å². The maximum absolute atomic E-state index is 12.6. The highest BCUT2D eigenvalue weighted by Crippen LogP contribution is 2.26. The van der Waals surface area contributed by atoms with Crippen LogP contribution < -0.4 is 5.32 Å². The smallest absolute Gasteiger partial charge is 0.324 e. The van der Waals surface area contributed by atoms with Gasteiger partial charge in [-0.3, -0.25) is 14.9 Å².